The molecule has 4 aromatic rings. The quantitative estimate of drug-likeness (QED) is 0.158. The number of hydrogen-bond donors (Lipinski definition) is 0. The highest BCUT2D eigenvalue weighted by molar-refractivity contribution is 5.89. The van der Waals surface area contributed by atoms with Crippen LogP contribution in [0.2, 0.25) is 0 Å². The van der Waals surface area contributed by atoms with Gasteiger partial charge in [-0.1, -0.05) is 109 Å². The third-order valence-corrected chi connectivity index (χ3v) is 5.82. The molecule has 0 unspecified atom stereocenters. The first-order valence-corrected chi connectivity index (χ1v) is 11.5. The van der Waals surface area contributed by atoms with Gasteiger partial charge in [0.25, 0.3) is 0 Å². The van der Waals surface area contributed by atoms with E-state index in [1.54, 1.807) is 6.08 Å². The first-order valence-electron chi connectivity index (χ1n) is 11.5. The van der Waals surface area contributed by atoms with Crippen LogP contribution < -0.4 is 4.74 Å². The molecule has 0 saturated heterocycles. The zero-order valence-corrected chi connectivity index (χ0v) is 20.1. The number of hydrogen-bond acceptors (Lipinski definition) is 2. The maximum Gasteiger partial charge on any atom is 0.336 e. The van der Waals surface area contributed by atoms with Crippen molar-refractivity contribution in [3.05, 3.63) is 133 Å². The summed E-state index contributed by atoms with van der Waals surface area (Å²) < 4.78 is 5.46. The fourth-order valence-corrected chi connectivity index (χ4v) is 3.71. The van der Waals surface area contributed by atoms with E-state index in [-0.39, 0.29) is 0 Å². The molecule has 0 atom stereocenters. The summed E-state index contributed by atoms with van der Waals surface area (Å²) in [5.41, 5.74) is 9.69. The first kappa shape index (κ1) is 23.7. The van der Waals surface area contributed by atoms with Gasteiger partial charge in [0.05, 0.1) is 0 Å². The molecule has 0 N–H and O–H groups in total. The van der Waals surface area contributed by atoms with Crippen LogP contribution in [0.1, 0.15) is 30.5 Å². The number of carbonyl (C=O) groups is 1. The van der Waals surface area contributed by atoms with E-state index in [1.807, 2.05) is 62.4 Å². The average Bonchev–Trinajstić information content (AvgIpc) is 2.88. The minimum Gasteiger partial charge on any atom is -0.423 e. The predicted molar refractivity (Wildman–Crippen MR) is 148 cm³/mol. The summed E-state index contributed by atoms with van der Waals surface area (Å²) in [6.07, 6.45) is 3.20. The van der Waals surface area contributed by atoms with Gasteiger partial charge in [-0.25, -0.2) is 4.79 Å². The molecule has 2 nitrogen and oxygen atoms in total. The molecule has 0 bridgehead atoms. The summed E-state index contributed by atoms with van der Waals surface area (Å²) in [4.78, 5) is 12.3. The van der Waals surface area contributed by atoms with Crippen LogP contribution in [0.25, 0.3) is 39.5 Å². The molecule has 0 aliphatic carbocycles. The Balaban J connectivity index is 1.35. The van der Waals surface area contributed by atoms with Crippen LogP contribution in [0.5, 0.6) is 5.75 Å². The van der Waals surface area contributed by atoms with E-state index in [2.05, 4.69) is 61.7 Å². The fourth-order valence-electron chi connectivity index (χ4n) is 3.71. The molecule has 0 saturated carbocycles. The molecule has 0 amide bonds. The third kappa shape index (κ3) is 6.13. The molecule has 0 aromatic heterocycles. The van der Waals surface area contributed by atoms with E-state index < -0.39 is 5.97 Å². The average molecular weight is 457 g/mol. The summed E-state index contributed by atoms with van der Waals surface area (Å²) in [5.74, 6) is 0.0959. The van der Waals surface area contributed by atoms with Crippen molar-refractivity contribution in [3.8, 4) is 28.0 Å². The van der Waals surface area contributed by atoms with Gasteiger partial charge in [-0.05, 0) is 71.0 Å². The third-order valence-electron chi connectivity index (χ3n) is 5.82. The maximum absolute atomic E-state index is 12.3. The molecule has 172 valence electrons. The molecule has 35 heavy (non-hydrogen) atoms. The van der Waals surface area contributed by atoms with Gasteiger partial charge < -0.3 is 4.74 Å². The van der Waals surface area contributed by atoms with Gasteiger partial charge >= 0.3 is 5.97 Å². The summed E-state index contributed by atoms with van der Waals surface area (Å²) in [6.45, 7) is 11.9. The SMILES string of the molecule is C=C(C)c1ccc(-c2ccc(/C=C/C(=O)Oc3ccc(-c4ccc(C(=C)C)cc4)cc3)cc2)cc1. The Hall–Kier alpha value is -4.43. The smallest absolute Gasteiger partial charge is 0.336 e. The standard InChI is InChI=1S/C33H28O2/c1-23(2)26-10-14-29(15-11-26)28-8-5-25(6-9-28)7-22-33(34)35-32-20-18-31(19-21-32)30-16-12-27(13-17-30)24(3)4/h5-22H,1,3H2,2,4H3/b22-7+. The molecular weight excluding hydrogens is 428 g/mol. The van der Waals surface area contributed by atoms with Crippen molar-refractivity contribution in [1.29, 1.82) is 0 Å². The summed E-state index contributed by atoms with van der Waals surface area (Å²) in [6, 6.07) is 32.2. The number of carbonyl (C=O) groups excluding carboxylic acids is 1. The molecule has 0 aliphatic heterocycles. The minimum absolute atomic E-state index is 0.414. The summed E-state index contributed by atoms with van der Waals surface area (Å²) in [7, 11) is 0. The number of esters is 1. The number of rotatable bonds is 7. The van der Waals surface area contributed by atoms with E-state index in [0.29, 0.717) is 5.75 Å². The second-order valence-electron chi connectivity index (χ2n) is 8.62. The van der Waals surface area contributed by atoms with Crippen molar-refractivity contribution in [2.45, 2.75) is 13.8 Å². The number of allylic oxidation sites excluding steroid dienone is 2. The Morgan fingerprint density at radius 2 is 0.971 bits per heavy atom. The van der Waals surface area contributed by atoms with Gasteiger partial charge in [0.15, 0.2) is 0 Å². The fraction of sp³-hybridized carbons (Fsp3) is 0.0606. The van der Waals surface area contributed by atoms with Crippen LogP contribution in [-0.2, 0) is 4.79 Å². The van der Waals surface area contributed by atoms with Crippen molar-refractivity contribution < 1.29 is 9.53 Å². The first-order chi connectivity index (χ1) is 16.9. The van der Waals surface area contributed by atoms with Crippen molar-refractivity contribution >= 4 is 23.2 Å². The number of benzene rings is 4. The van der Waals surface area contributed by atoms with E-state index in [9.17, 15) is 4.79 Å². The maximum atomic E-state index is 12.3. The largest absolute Gasteiger partial charge is 0.423 e. The van der Waals surface area contributed by atoms with Crippen LogP contribution >= 0.6 is 0 Å². The van der Waals surface area contributed by atoms with Crippen LogP contribution in [-0.4, -0.2) is 5.97 Å². The second-order valence-corrected chi connectivity index (χ2v) is 8.62. The Kier molecular flexibility index (Phi) is 7.23. The molecule has 0 aliphatic rings. The zero-order chi connectivity index (χ0) is 24.8. The van der Waals surface area contributed by atoms with E-state index in [1.165, 1.54) is 6.08 Å². The van der Waals surface area contributed by atoms with Gasteiger partial charge in [0.2, 0.25) is 0 Å². The second kappa shape index (κ2) is 10.7. The van der Waals surface area contributed by atoms with Crippen LogP contribution in [0.4, 0.5) is 0 Å². The topological polar surface area (TPSA) is 26.3 Å². The monoisotopic (exact) mass is 456 g/mol. The van der Waals surface area contributed by atoms with Crippen molar-refractivity contribution in [2.75, 3.05) is 0 Å². The van der Waals surface area contributed by atoms with E-state index >= 15 is 0 Å². The Morgan fingerprint density at radius 3 is 1.37 bits per heavy atom. The van der Waals surface area contributed by atoms with Crippen molar-refractivity contribution in [2.24, 2.45) is 0 Å². The van der Waals surface area contributed by atoms with Gasteiger partial charge in [-0.2, -0.15) is 0 Å². The lowest BCUT2D eigenvalue weighted by Gasteiger charge is -2.06. The molecular formula is C33H28O2. The van der Waals surface area contributed by atoms with Crippen molar-refractivity contribution in [3.63, 3.8) is 0 Å². The highest BCUT2D eigenvalue weighted by Crippen LogP contribution is 2.25. The van der Waals surface area contributed by atoms with Crippen molar-refractivity contribution in [1.82, 2.24) is 0 Å². The van der Waals surface area contributed by atoms with E-state index in [4.69, 9.17) is 4.74 Å². The lowest BCUT2D eigenvalue weighted by atomic mass is 10.0. The lowest BCUT2D eigenvalue weighted by Crippen LogP contribution is -2.03. The molecule has 0 fully saturated rings. The Morgan fingerprint density at radius 1 is 0.600 bits per heavy atom. The van der Waals surface area contributed by atoms with E-state index in [0.717, 1.165) is 50.1 Å². The normalized spacial score (nSPS) is 10.8. The molecule has 0 radical (unpaired) electrons. The van der Waals surface area contributed by atoms with Gasteiger partial charge in [-0.15, -0.1) is 0 Å². The Labute approximate surface area is 207 Å². The highest BCUT2D eigenvalue weighted by Gasteiger charge is 2.04. The predicted octanol–water partition coefficient (Wildman–Crippen LogP) is 8.71. The highest BCUT2D eigenvalue weighted by atomic mass is 16.5. The molecule has 0 spiro atoms. The molecule has 0 heterocycles. The van der Waals surface area contributed by atoms with Gasteiger partial charge in [0, 0.05) is 6.08 Å². The molecule has 2 heteroatoms. The zero-order valence-electron chi connectivity index (χ0n) is 20.1. The lowest BCUT2D eigenvalue weighted by molar-refractivity contribution is -0.128. The van der Waals surface area contributed by atoms with Crippen LogP contribution in [0.3, 0.4) is 0 Å². The summed E-state index contributed by atoms with van der Waals surface area (Å²) >= 11 is 0. The number of ether oxygens (including phenoxy) is 1. The van der Waals surface area contributed by atoms with Crippen LogP contribution in [0.15, 0.2) is 116 Å². The summed E-state index contributed by atoms with van der Waals surface area (Å²) in [5, 5.41) is 0. The molecule has 4 aromatic carbocycles. The van der Waals surface area contributed by atoms with Gasteiger partial charge in [0.1, 0.15) is 5.75 Å². The van der Waals surface area contributed by atoms with Crippen LogP contribution in [0, 0.1) is 0 Å². The van der Waals surface area contributed by atoms with Gasteiger partial charge in [-0.3, -0.25) is 0 Å². The minimum atomic E-state index is -0.414. The molecule has 4 rings (SSSR count). The Bertz CT molecular complexity index is 1370.